The quantitative estimate of drug-likeness (QED) is 0.824. The van der Waals surface area contributed by atoms with Crippen molar-refractivity contribution in [3.8, 4) is 5.75 Å². The van der Waals surface area contributed by atoms with Crippen LogP contribution < -0.4 is 10.1 Å². The third kappa shape index (κ3) is 4.86. The number of hydrogen-bond donors (Lipinski definition) is 2. The Balaban J connectivity index is 1.76. The molecule has 0 bridgehead atoms. The molecule has 22 heavy (non-hydrogen) atoms. The Morgan fingerprint density at radius 1 is 1.05 bits per heavy atom. The first-order valence-corrected chi connectivity index (χ1v) is 7.82. The molecule has 0 saturated heterocycles. The van der Waals surface area contributed by atoms with Crippen molar-refractivity contribution in [1.82, 2.24) is 0 Å². The van der Waals surface area contributed by atoms with Crippen LogP contribution in [0, 0.1) is 13.8 Å². The number of ether oxygens (including phenoxy) is 1. The summed E-state index contributed by atoms with van der Waals surface area (Å²) in [7, 11) is 0. The molecule has 2 rings (SSSR count). The number of aliphatic hydroxyl groups excluding tert-OH is 1. The zero-order chi connectivity index (χ0) is 15.9. The molecular weight excluding hydrogens is 274 g/mol. The molecule has 0 aliphatic heterocycles. The molecule has 0 radical (unpaired) electrons. The fourth-order valence-corrected chi connectivity index (χ4v) is 2.32. The standard InChI is InChI=1S/C19H25NO2/c1-14-9-10-19(11-15(14)2)22-13-18(21)12-20-16(3)17-7-5-4-6-8-17/h4-11,16,18,20-21H,12-13H2,1-3H3/p+1/t16-,18-/m1/s1. The van der Waals surface area contributed by atoms with Gasteiger partial charge in [0, 0.05) is 5.56 Å². The second kappa shape index (κ2) is 7.97. The van der Waals surface area contributed by atoms with Gasteiger partial charge in [0.05, 0.1) is 0 Å². The highest BCUT2D eigenvalue weighted by molar-refractivity contribution is 5.33. The summed E-state index contributed by atoms with van der Waals surface area (Å²) in [5.74, 6) is 0.818. The van der Waals surface area contributed by atoms with Gasteiger partial charge in [-0.2, -0.15) is 0 Å². The van der Waals surface area contributed by atoms with Gasteiger partial charge in [-0.1, -0.05) is 36.4 Å². The van der Waals surface area contributed by atoms with E-state index in [1.54, 1.807) is 0 Å². The molecule has 0 aliphatic carbocycles. The predicted molar refractivity (Wildman–Crippen MR) is 89.1 cm³/mol. The Morgan fingerprint density at radius 2 is 1.77 bits per heavy atom. The highest BCUT2D eigenvalue weighted by atomic mass is 16.5. The van der Waals surface area contributed by atoms with Crippen molar-refractivity contribution in [3.05, 3.63) is 65.2 Å². The monoisotopic (exact) mass is 300 g/mol. The minimum atomic E-state index is -0.479. The maximum absolute atomic E-state index is 10.1. The van der Waals surface area contributed by atoms with E-state index < -0.39 is 6.10 Å². The molecule has 2 atom stereocenters. The molecule has 0 spiro atoms. The Kier molecular flexibility index (Phi) is 5.99. The SMILES string of the molecule is Cc1ccc(OC[C@H](O)C[NH2+][C@H](C)c2ccccc2)cc1C. The van der Waals surface area contributed by atoms with Gasteiger partial charge in [0.25, 0.3) is 0 Å². The van der Waals surface area contributed by atoms with Crippen molar-refractivity contribution in [1.29, 1.82) is 0 Å². The van der Waals surface area contributed by atoms with Gasteiger partial charge in [0.15, 0.2) is 0 Å². The molecule has 0 fully saturated rings. The summed E-state index contributed by atoms with van der Waals surface area (Å²) in [4.78, 5) is 0. The minimum Gasteiger partial charge on any atom is -0.491 e. The predicted octanol–water partition coefficient (Wildman–Crippen LogP) is 2.37. The molecule has 2 aromatic rings. The van der Waals surface area contributed by atoms with Crippen LogP contribution in [0.5, 0.6) is 5.75 Å². The number of nitrogens with two attached hydrogens (primary N) is 1. The maximum atomic E-state index is 10.1. The first-order chi connectivity index (χ1) is 10.6. The van der Waals surface area contributed by atoms with Crippen LogP contribution in [-0.4, -0.2) is 24.4 Å². The molecular formula is C19H26NO2+. The lowest BCUT2D eigenvalue weighted by molar-refractivity contribution is -0.698. The van der Waals surface area contributed by atoms with Gasteiger partial charge < -0.3 is 15.2 Å². The smallest absolute Gasteiger partial charge is 0.137 e. The Bertz CT molecular complexity index is 583. The summed E-state index contributed by atoms with van der Waals surface area (Å²) in [6.45, 7) is 7.23. The highest BCUT2D eigenvalue weighted by Gasteiger charge is 2.12. The summed E-state index contributed by atoms with van der Waals surface area (Å²) >= 11 is 0. The number of aryl methyl sites for hydroxylation is 2. The topological polar surface area (TPSA) is 46.1 Å². The van der Waals surface area contributed by atoms with Crippen LogP contribution in [-0.2, 0) is 0 Å². The highest BCUT2D eigenvalue weighted by Crippen LogP contribution is 2.16. The molecule has 0 aliphatic rings. The molecule has 3 nitrogen and oxygen atoms in total. The van der Waals surface area contributed by atoms with Crippen molar-refractivity contribution >= 4 is 0 Å². The van der Waals surface area contributed by atoms with Crippen LogP contribution in [0.2, 0.25) is 0 Å². The number of rotatable bonds is 7. The van der Waals surface area contributed by atoms with Gasteiger partial charge in [-0.15, -0.1) is 0 Å². The van der Waals surface area contributed by atoms with Gasteiger partial charge in [-0.3, -0.25) is 0 Å². The van der Waals surface area contributed by atoms with E-state index >= 15 is 0 Å². The van der Waals surface area contributed by atoms with Gasteiger partial charge in [0.2, 0.25) is 0 Å². The first kappa shape index (κ1) is 16.5. The fourth-order valence-electron chi connectivity index (χ4n) is 2.32. The summed E-state index contributed by atoms with van der Waals surface area (Å²) in [5.41, 5.74) is 3.72. The van der Waals surface area contributed by atoms with Crippen molar-refractivity contribution in [3.63, 3.8) is 0 Å². The molecule has 0 saturated carbocycles. The van der Waals surface area contributed by atoms with Crippen molar-refractivity contribution < 1.29 is 15.2 Å². The van der Waals surface area contributed by atoms with Crippen LogP contribution in [0.1, 0.15) is 29.7 Å². The van der Waals surface area contributed by atoms with E-state index in [-0.39, 0.29) is 0 Å². The van der Waals surface area contributed by atoms with Crippen molar-refractivity contribution in [2.24, 2.45) is 0 Å². The van der Waals surface area contributed by atoms with Crippen LogP contribution in [0.3, 0.4) is 0 Å². The lowest BCUT2D eigenvalue weighted by Crippen LogP contribution is -2.87. The van der Waals surface area contributed by atoms with E-state index in [0.717, 1.165) is 5.75 Å². The normalized spacial score (nSPS) is 13.6. The average Bonchev–Trinajstić information content (AvgIpc) is 2.54. The summed E-state index contributed by atoms with van der Waals surface area (Å²) in [5, 5.41) is 12.2. The van der Waals surface area contributed by atoms with Crippen LogP contribution in [0.4, 0.5) is 0 Å². The summed E-state index contributed by atoms with van der Waals surface area (Å²) < 4.78 is 5.67. The van der Waals surface area contributed by atoms with E-state index in [1.165, 1.54) is 16.7 Å². The zero-order valence-electron chi connectivity index (χ0n) is 13.6. The second-order valence-electron chi connectivity index (χ2n) is 5.88. The van der Waals surface area contributed by atoms with E-state index in [2.05, 4.69) is 38.2 Å². The van der Waals surface area contributed by atoms with E-state index in [0.29, 0.717) is 19.2 Å². The number of quaternary nitrogens is 1. The van der Waals surface area contributed by atoms with E-state index in [4.69, 9.17) is 4.74 Å². The van der Waals surface area contributed by atoms with Gasteiger partial charge in [-0.25, -0.2) is 0 Å². The summed E-state index contributed by atoms with van der Waals surface area (Å²) in [6, 6.07) is 16.7. The molecule has 2 aromatic carbocycles. The molecule has 3 heteroatoms. The average molecular weight is 300 g/mol. The second-order valence-corrected chi connectivity index (χ2v) is 5.88. The molecule has 0 unspecified atom stereocenters. The van der Waals surface area contributed by atoms with Gasteiger partial charge in [-0.05, 0) is 44.0 Å². The lowest BCUT2D eigenvalue weighted by atomic mass is 10.1. The Morgan fingerprint density at radius 3 is 2.45 bits per heavy atom. The zero-order valence-corrected chi connectivity index (χ0v) is 13.6. The third-order valence-corrected chi connectivity index (χ3v) is 4.01. The van der Waals surface area contributed by atoms with Crippen LogP contribution in [0.15, 0.2) is 48.5 Å². The molecule has 0 heterocycles. The minimum absolute atomic E-state index is 0.320. The number of aliphatic hydroxyl groups is 1. The summed E-state index contributed by atoms with van der Waals surface area (Å²) in [6.07, 6.45) is -0.479. The van der Waals surface area contributed by atoms with E-state index in [1.807, 2.05) is 36.4 Å². The van der Waals surface area contributed by atoms with Crippen molar-refractivity contribution in [2.45, 2.75) is 32.9 Å². The van der Waals surface area contributed by atoms with Crippen molar-refractivity contribution in [2.75, 3.05) is 13.2 Å². The largest absolute Gasteiger partial charge is 0.491 e. The molecule has 3 N–H and O–H groups in total. The Labute approximate surface area is 133 Å². The maximum Gasteiger partial charge on any atom is 0.137 e. The molecule has 0 amide bonds. The first-order valence-electron chi connectivity index (χ1n) is 7.82. The Hall–Kier alpha value is -1.84. The molecule has 0 aromatic heterocycles. The van der Waals surface area contributed by atoms with Gasteiger partial charge >= 0.3 is 0 Å². The third-order valence-electron chi connectivity index (χ3n) is 4.01. The molecule has 118 valence electrons. The number of hydrogen-bond acceptors (Lipinski definition) is 2. The van der Waals surface area contributed by atoms with E-state index in [9.17, 15) is 5.11 Å². The van der Waals surface area contributed by atoms with Crippen LogP contribution >= 0.6 is 0 Å². The number of benzene rings is 2. The lowest BCUT2D eigenvalue weighted by Gasteiger charge is -2.15. The van der Waals surface area contributed by atoms with Gasteiger partial charge in [0.1, 0.15) is 31.0 Å². The fraction of sp³-hybridized carbons (Fsp3) is 0.368. The van der Waals surface area contributed by atoms with Crippen LogP contribution in [0.25, 0.3) is 0 Å².